The fourth-order valence-corrected chi connectivity index (χ4v) is 6.68. The Labute approximate surface area is 253 Å². The summed E-state index contributed by atoms with van der Waals surface area (Å²) in [5, 5.41) is 6.59. The second-order valence-corrected chi connectivity index (χ2v) is 11.4. The Balaban J connectivity index is 1.13. The van der Waals surface area contributed by atoms with E-state index in [1.807, 2.05) is 95.9 Å². The zero-order valence-corrected chi connectivity index (χ0v) is 24.1. The molecule has 0 saturated heterocycles. The number of rotatable bonds is 4. The maximum absolute atomic E-state index is 14.0. The van der Waals surface area contributed by atoms with Gasteiger partial charge in [0.15, 0.2) is 0 Å². The number of amides is 3. The van der Waals surface area contributed by atoms with Gasteiger partial charge < -0.3 is 19.9 Å². The van der Waals surface area contributed by atoms with Crippen LogP contribution in [0.25, 0.3) is 10.4 Å². The van der Waals surface area contributed by atoms with Crippen molar-refractivity contribution in [1.29, 1.82) is 0 Å². The molecule has 0 spiro atoms. The van der Waals surface area contributed by atoms with Crippen molar-refractivity contribution < 1.29 is 14.3 Å². The van der Waals surface area contributed by atoms with E-state index in [-0.39, 0.29) is 11.9 Å². The lowest BCUT2D eigenvalue weighted by molar-refractivity contribution is 0.0982. The topological polar surface area (TPSA) is 86.8 Å². The average Bonchev–Trinajstić information content (AvgIpc) is 3.21. The number of carbonyl (C=O) groups is 2. The smallest absolute Gasteiger partial charge is 0.324 e. The van der Waals surface area contributed by atoms with E-state index in [1.54, 1.807) is 6.07 Å². The minimum Gasteiger partial charge on any atom is -0.491 e. The van der Waals surface area contributed by atoms with E-state index >= 15 is 0 Å². The minimum atomic E-state index is -0.293. The highest BCUT2D eigenvalue weighted by Crippen LogP contribution is 2.43. The van der Waals surface area contributed by atoms with Gasteiger partial charge in [-0.1, -0.05) is 60.7 Å². The number of nitrogens with one attached hydrogen (secondary N) is 2. The summed E-state index contributed by atoms with van der Waals surface area (Å²) in [6, 6.07) is 32.6. The van der Waals surface area contributed by atoms with E-state index in [1.165, 1.54) is 11.3 Å². The van der Waals surface area contributed by atoms with E-state index in [0.717, 1.165) is 49.5 Å². The maximum Gasteiger partial charge on any atom is 0.324 e. The van der Waals surface area contributed by atoms with Gasteiger partial charge in [-0.3, -0.25) is 10.1 Å². The molecule has 2 aromatic heterocycles. The Morgan fingerprint density at radius 3 is 2.53 bits per heavy atom. The van der Waals surface area contributed by atoms with Gasteiger partial charge in [-0.05, 0) is 54.4 Å². The third-order valence-corrected chi connectivity index (χ3v) is 8.72. The first-order valence-corrected chi connectivity index (χ1v) is 15.0. The Morgan fingerprint density at radius 1 is 0.814 bits per heavy atom. The van der Waals surface area contributed by atoms with Gasteiger partial charge in [-0.15, -0.1) is 11.3 Å². The molecule has 3 aromatic carbocycles. The van der Waals surface area contributed by atoms with Crippen molar-refractivity contribution in [3.8, 4) is 16.2 Å². The van der Waals surface area contributed by atoms with Crippen LogP contribution in [0.1, 0.15) is 21.6 Å². The maximum atomic E-state index is 14.0. The Kier molecular flexibility index (Phi) is 7.22. The molecule has 2 aliphatic rings. The Morgan fingerprint density at radius 2 is 1.63 bits per heavy atom. The van der Waals surface area contributed by atoms with Crippen molar-refractivity contribution in [1.82, 2.24) is 4.98 Å². The van der Waals surface area contributed by atoms with Crippen molar-refractivity contribution >= 4 is 45.5 Å². The molecular formula is C34H29N5O3S. The fraction of sp³-hybridized carbons (Fsp3) is 0.147. The third kappa shape index (κ3) is 5.54. The Bertz CT molecular complexity index is 1810. The number of ether oxygens (including phenoxy) is 1. The predicted molar refractivity (Wildman–Crippen MR) is 171 cm³/mol. The average molecular weight is 588 g/mol. The third-order valence-electron chi connectivity index (χ3n) is 7.60. The molecule has 5 aromatic rings. The number of thiophene rings is 1. The number of fused-ring (bicyclic) bond motifs is 4. The van der Waals surface area contributed by atoms with Crippen LogP contribution in [-0.4, -0.2) is 36.6 Å². The first kappa shape index (κ1) is 26.7. The molecule has 3 amide bonds. The molecule has 0 unspecified atom stereocenters. The molecule has 2 aliphatic heterocycles. The quantitative estimate of drug-likeness (QED) is 0.235. The zero-order valence-electron chi connectivity index (χ0n) is 23.3. The van der Waals surface area contributed by atoms with E-state index < -0.39 is 0 Å². The lowest BCUT2D eigenvalue weighted by atomic mass is 10.1. The fourth-order valence-electron chi connectivity index (χ4n) is 5.54. The van der Waals surface area contributed by atoms with Crippen molar-refractivity contribution in [2.24, 2.45) is 0 Å². The van der Waals surface area contributed by atoms with E-state index in [0.29, 0.717) is 38.4 Å². The van der Waals surface area contributed by atoms with Crippen LogP contribution < -0.4 is 25.2 Å². The van der Waals surface area contributed by atoms with E-state index in [4.69, 9.17) is 9.72 Å². The Hall–Kier alpha value is -5.15. The first-order valence-electron chi connectivity index (χ1n) is 14.2. The summed E-state index contributed by atoms with van der Waals surface area (Å²) in [5.74, 6) is 1.50. The summed E-state index contributed by atoms with van der Waals surface area (Å²) in [4.78, 5) is 36.5. The standard InChI is InChI=1S/C34H29N5O3S/c40-33(27-13-8-16-30(36-27)38-19-20-42-29-15-7-4-9-24(29)22-38)39-18-17-23-21-31(37-34(41)35-25-10-2-1-3-11-25)43-32(23)26-12-5-6-14-28(26)39/h1-16,21H,17-20,22H2,(H2,35,37,41). The summed E-state index contributed by atoms with van der Waals surface area (Å²) < 4.78 is 5.93. The summed E-state index contributed by atoms with van der Waals surface area (Å²) in [5.41, 5.74) is 5.10. The number of aromatic nitrogens is 1. The molecule has 0 saturated carbocycles. The van der Waals surface area contributed by atoms with Gasteiger partial charge in [0.2, 0.25) is 0 Å². The number of pyridine rings is 1. The number of hydrogen-bond acceptors (Lipinski definition) is 6. The molecule has 43 heavy (non-hydrogen) atoms. The second-order valence-electron chi connectivity index (χ2n) is 10.4. The lowest BCUT2D eigenvalue weighted by Gasteiger charge is -2.24. The number of hydrogen-bond donors (Lipinski definition) is 2. The molecule has 0 atom stereocenters. The molecule has 214 valence electrons. The van der Waals surface area contributed by atoms with Gasteiger partial charge in [0.05, 0.1) is 17.2 Å². The van der Waals surface area contributed by atoms with Crippen LogP contribution in [0.4, 0.5) is 27.0 Å². The van der Waals surface area contributed by atoms with Crippen LogP contribution >= 0.6 is 11.3 Å². The zero-order chi connectivity index (χ0) is 29.2. The van der Waals surface area contributed by atoms with Crippen LogP contribution in [-0.2, 0) is 13.0 Å². The number of para-hydroxylation sites is 3. The van der Waals surface area contributed by atoms with Gasteiger partial charge >= 0.3 is 6.03 Å². The number of benzene rings is 3. The molecule has 0 radical (unpaired) electrons. The molecule has 8 nitrogen and oxygen atoms in total. The van der Waals surface area contributed by atoms with Crippen molar-refractivity contribution in [2.45, 2.75) is 13.0 Å². The molecule has 4 heterocycles. The monoisotopic (exact) mass is 587 g/mol. The van der Waals surface area contributed by atoms with Gasteiger partial charge in [0.1, 0.15) is 23.9 Å². The molecule has 7 rings (SSSR count). The minimum absolute atomic E-state index is 0.142. The second kappa shape index (κ2) is 11.6. The van der Waals surface area contributed by atoms with Gasteiger partial charge in [0, 0.05) is 34.8 Å². The highest BCUT2D eigenvalue weighted by Gasteiger charge is 2.28. The van der Waals surface area contributed by atoms with Crippen LogP contribution in [0.5, 0.6) is 5.75 Å². The van der Waals surface area contributed by atoms with Crippen molar-refractivity contribution in [3.05, 3.63) is 120 Å². The van der Waals surface area contributed by atoms with Crippen molar-refractivity contribution in [3.63, 3.8) is 0 Å². The highest BCUT2D eigenvalue weighted by molar-refractivity contribution is 7.19. The number of nitrogens with zero attached hydrogens (tertiary/aromatic N) is 3. The molecule has 0 aliphatic carbocycles. The largest absolute Gasteiger partial charge is 0.491 e. The summed E-state index contributed by atoms with van der Waals surface area (Å²) >= 11 is 1.51. The molecule has 9 heteroatoms. The SMILES string of the molecule is O=C(Nc1ccccc1)Nc1cc2c(s1)-c1ccccc1N(C(=O)c1cccc(N3CCOc4ccccc4C3)n1)CC2. The molecule has 0 fully saturated rings. The van der Waals surface area contributed by atoms with Crippen LogP contribution in [0, 0.1) is 0 Å². The summed E-state index contributed by atoms with van der Waals surface area (Å²) in [7, 11) is 0. The number of carbonyl (C=O) groups excluding carboxylic acids is 2. The highest BCUT2D eigenvalue weighted by atomic mass is 32.1. The van der Waals surface area contributed by atoms with Gasteiger partial charge in [-0.2, -0.15) is 0 Å². The van der Waals surface area contributed by atoms with Gasteiger partial charge in [0.25, 0.3) is 5.91 Å². The van der Waals surface area contributed by atoms with Crippen LogP contribution in [0.2, 0.25) is 0 Å². The molecular weight excluding hydrogens is 558 g/mol. The van der Waals surface area contributed by atoms with E-state index in [9.17, 15) is 9.59 Å². The predicted octanol–water partition coefficient (Wildman–Crippen LogP) is 7.06. The molecule has 0 bridgehead atoms. The summed E-state index contributed by atoms with van der Waals surface area (Å²) in [6.45, 7) is 2.37. The normalized spacial score (nSPS) is 13.9. The van der Waals surface area contributed by atoms with Crippen LogP contribution in [0.3, 0.4) is 0 Å². The first-order chi connectivity index (χ1) is 21.1. The van der Waals surface area contributed by atoms with E-state index in [2.05, 4.69) is 21.6 Å². The van der Waals surface area contributed by atoms with Crippen LogP contribution in [0.15, 0.2) is 103 Å². The van der Waals surface area contributed by atoms with Gasteiger partial charge in [-0.25, -0.2) is 9.78 Å². The lowest BCUT2D eigenvalue weighted by Crippen LogP contribution is -2.34. The summed E-state index contributed by atoms with van der Waals surface area (Å²) in [6.07, 6.45) is 0.647. The van der Waals surface area contributed by atoms with Crippen molar-refractivity contribution in [2.75, 3.05) is 40.1 Å². The number of urea groups is 1. The number of anilines is 4. The molecule has 2 N–H and O–H groups in total.